The van der Waals surface area contributed by atoms with Gasteiger partial charge in [-0.1, -0.05) is 18.7 Å². The number of rotatable bonds is 5. The summed E-state index contributed by atoms with van der Waals surface area (Å²) >= 11 is 0. The van der Waals surface area contributed by atoms with Gasteiger partial charge in [0, 0.05) is 32.8 Å². The second kappa shape index (κ2) is 8.36. The molecule has 0 N–H and O–H groups in total. The maximum atomic E-state index is 12.9. The normalized spacial score (nSPS) is 20.1. The molecule has 6 heteroatoms. The molecule has 2 heterocycles. The molecule has 26 heavy (non-hydrogen) atoms. The summed E-state index contributed by atoms with van der Waals surface area (Å²) in [6, 6.07) is 7.26. The molecule has 140 valence electrons. The molecule has 2 aliphatic rings. The number of amides is 2. The molecule has 0 unspecified atom stereocenters. The van der Waals surface area contributed by atoms with E-state index in [0.29, 0.717) is 50.7 Å². The molecule has 2 aliphatic heterocycles. The number of piperazine rings is 1. The van der Waals surface area contributed by atoms with E-state index in [9.17, 15) is 9.59 Å². The molecule has 0 saturated carbocycles. The minimum atomic E-state index is -0.298. The third kappa shape index (κ3) is 4.25. The molecule has 0 radical (unpaired) electrons. The molecule has 1 aromatic rings. The van der Waals surface area contributed by atoms with Crippen LogP contribution in [0.5, 0.6) is 5.75 Å². The highest BCUT2D eigenvalue weighted by Crippen LogP contribution is 2.22. The van der Waals surface area contributed by atoms with Crippen LogP contribution in [0.15, 0.2) is 36.4 Å². The van der Waals surface area contributed by atoms with Crippen LogP contribution in [0.4, 0.5) is 0 Å². The first-order chi connectivity index (χ1) is 12.6. The van der Waals surface area contributed by atoms with E-state index in [4.69, 9.17) is 9.47 Å². The van der Waals surface area contributed by atoms with E-state index >= 15 is 0 Å². The van der Waals surface area contributed by atoms with Crippen molar-refractivity contribution in [3.05, 3.63) is 42.0 Å². The number of ether oxygens (including phenoxy) is 2. The first kappa shape index (κ1) is 18.5. The third-order valence-electron chi connectivity index (χ3n) is 4.68. The molecule has 3 rings (SSSR count). The molecule has 6 nitrogen and oxygen atoms in total. The predicted molar refractivity (Wildman–Crippen MR) is 98.2 cm³/mol. The maximum absolute atomic E-state index is 12.9. The lowest BCUT2D eigenvalue weighted by Gasteiger charge is -2.36. The lowest BCUT2D eigenvalue weighted by Crippen LogP contribution is -2.52. The van der Waals surface area contributed by atoms with E-state index in [1.54, 1.807) is 17.0 Å². The minimum Gasteiger partial charge on any atom is -0.488 e. The molecule has 1 atom stereocenters. The molecule has 2 fully saturated rings. The number of carbonyl (C=O) groups excluding carboxylic acids is 2. The van der Waals surface area contributed by atoms with E-state index in [1.807, 2.05) is 24.0 Å². The molecule has 0 aliphatic carbocycles. The van der Waals surface area contributed by atoms with Crippen LogP contribution in [0.2, 0.25) is 0 Å². The van der Waals surface area contributed by atoms with Gasteiger partial charge in [0.25, 0.3) is 11.8 Å². The van der Waals surface area contributed by atoms with Crippen molar-refractivity contribution in [3.63, 3.8) is 0 Å². The van der Waals surface area contributed by atoms with Crippen molar-refractivity contribution in [1.29, 1.82) is 0 Å². The number of benzene rings is 1. The second-order valence-corrected chi connectivity index (χ2v) is 6.86. The summed E-state index contributed by atoms with van der Waals surface area (Å²) in [4.78, 5) is 28.9. The van der Waals surface area contributed by atoms with Gasteiger partial charge in [-0.05, 0) is 37.5 Å². The van der Waals surface area contributed by atoms with Gasteiger partial charge in [0.05, 0.1) is 5.56 Å². The average Bonchev–Trinajstić information content (AvgIpc) is 3.20. The van der Waals surface area contributed by atoms with Crippen LogP contribution in [0.3, 0.4) is 0 Å². The van der Waals surface area contributed by atoms with Gasteiger partial charge in [0.1, 0.15) is 18.5 Å². The Labute approximate surface area is 154 Å². The van der Waals surface area contributed by atoms with Crippen molar-refractivity contribution in [1.82, 2.24) is 9.80 Å². The highest BCUT2D eigenvalue weighted by Gasteiger charge is 2.32. The Kier molecular flexibility index (Phi) is 5.93. The molecular formula is C20H26N2O4. The van der Waals surface area contributed by atoms with Gasteiger partial charge in [-0.3, -0.25) is 9.59 Å². The molecular weight excluding hydrogens is 332 g/mol. The summed E-state index contributed by atoms with van der Waals surface area (Å²) in [5, 5.41) is 0. The number of carbonyl (C=O) groups is 2. The molecule has 1 aromatic carbocycles. The van der Waals surface area contributed by atoms with Crippen molar-refractivity contribution in [3.8, 4) is 5.75 Å². The minimum absolute atomic E-state index is 0.0554. The summed E-state index contributed by atoms with van der Waals surface area (Å²) in [6.45, 7) is 8.87. The van der Waals surface area contributed by atoms with E-state index in [1.165, 1.54) is 0 Å². The monoisotopic (exact) mass is 358 g/mol. The first-order valence-electron chi connectivity index (χ1n) is 9.12. The summed E-state index contributed by atoms with van der Waals surface area (Å²) in [5.74, 6) is 0.560. The van der Waals surface area contributed by atoms with E-state index in [0.717, 1.165) is 18.4 Å². The Bertz CT molecular complexity index is 674. The molecule has 2 saturated heterocycles. The highest BCUT2D eigenvalue weighted by molar-refractivity contribution is 5.97. The Morgan fingerprint density at radius 1 is 1.19 bits per heavy atom. The van der Waals surface area contributed by atoms with Gasteiger partial charge in [-0.2, -0.15) is 0 Å². The SMILES string of the molecule is C=C(C)COc1ccccc1C(=O)N1CCN(C(=O)[C@H]2CCCO2)CC1. The van der Waals surface area contributed by atoms with Gasteiger partial charge >= 0.3 is 0 Å². The summed E-state index contributed by atoms with van der Waals surface area (Å²) < 4.78 is 11.2. The van der Waals surface area contributed by atoms with Gasteiger partial charge in [-0.25, -0.2) is 0 Å². The van der Waals surface area contributed by atoms with Crippen molar-refractivity contribution >= 4 is 11.8 Å². The quantitative estimate of drug-likeness (QED) is 0.757. The third-order valence-corrected chi connectivity index (χ3v) is 4.68. The largest absolute Gasteiger partial charge is 0.488 e. The first-order valence-corrected chi connectivity index (χ1v) is 9.12. The van der Waals surface area contributed by atoms with Crippen LogP contribution in [-0.4, -0.2) is 67.1 Å². The zero-order valence-corrected chi connectivity index (χ0v) is 15.3. The standard InChI is InChI=1S/C20H26N2O4/c1-15(2)14-26-17-7-4-3-6-16(17)19(23)21-9-11-22(12-10-21)20(24)18-8-5-13-25-18/h3-4,6-7,18H,1,5,8-14H2,2H3/t18-/m1/s1. The van der Waals surface area contributed by atoms with Gasteiger partial charge < -0.3 is 19.3 Å². The van der Waals surface area contributed by atoms with Crippen LogP contribution < -0.4 is 4.74 Å². The fraction of sp³-hybridized carbons (Fsp3) is 0.500. The number of para-hydroxylation sites is 1. The van der Waals surface area contributed by atoms with Crippen LogP contribution in [-0.2, 0) is 9.53 Å². The van der Waals surface area contributed by atoms with Crippen molar-refractivity contribution in [2.75, 3.05) is 39.4 Å². The summed E-state index contributed by atoms with van der Waals surface area (Å²) in [5.41, 5.74) is 1.45. The lowest BCUT2D eigenvalue weighted by atomic mass is 10.1. The van der Waals surface area contributed by atoms with Crippen LogP contribution >= 0.6 is 0 Å². The average molecular weight is 358 g/mol. The van der Waals surface area contributed by atoms with Crippen LogP contribution in [0.1, 0.15) is 30.1 Å². The number of hydrogen-bond acceptors (Lipinski definition) is 4. The van der Waals surface area contributed by atoms with Gasteiger partial charge in [0.15, 0.2) is 0 Å². The Hall–Kier alpha value is -2.34. The molecule has 0 aromatic heterocycles. The smallest absolute Gasteiger partial charge is 0.257 e. The fourth-order valence-electron chi connectivity index (χ4n) is 3.25. The van der Waals surface area contributed by atoms with Gasteiger partial charge in [-0.15, -0.1) is 0 Å². The van der Waals surface area contributed by atoms with Crippen LogP contribution in [0, 0.1) is 0 Å². The Balaban J connectivity index is 1.60. The molecule has 0 bridgehead atoms. The Morgan fingerprint density at radius 2 is 1.88 bits per heavy atom. The Morgan fingerprint density at radius 3 is 2.54 bits per heavy atom. The second-order valence-electron chi connectivity index (χ2n) is 6.86. The predicted octanol–water partition coefficient (Wildman–Crippen LogP) is 2.10. The molecule has 2 amide bonds. The molecule has 0 spiro atoms. The van der Waals surface area contributed by atoms with E-state index < -0.39 is 0 Å². The van der Waals surface area contributed by atoms with Crippen molar-refractivity contribution in [2.45, 2.75) is 25.9 Å². The highest BCUT2D eigenvalue weighted by atomic mass is 16.5. The van der Waals surface area contributed by atoms with Crippen molar-refractivity contribution < 1.29 is 19.1 Å². The fourth-order valence-corrected chi connectivity index (χ4v) is 3.25. The van der Waals surface area contributed by atoms with E-state index in [-0.39, 0.29) is 17.9 Å². The lowest BCUT2D eigenvalue weighted by molar-refractivity contribution is -0.142. The maximum Gasteiger partial charge on any atom is 0.257 e. The summed E-state index contributed by atoms with van der Waals surface area (Å²) in [6.07, 6.45) is 1.44. The topological polar surface area (TPSA) is 59.1 Å². The van der Waals surface area contributed by atoms with Crippen molar-refractivity contribution in [2.24, 2.45) is 0 Å². The number of hydrogen-bond donors (Lipinski definition) is 0. The zero-order valence-electron chi connectivity index (χ0n) is 15.3. The van der Waals surface area contributed by atoms with Gasteiger partial charge in [0.2, 0.25) is 0 Å². The van der Waals surface area contributed by atoms with Crippen LogP contribution in [0.25, 0.3) is 0 Å². The zero-order chi connectivity index (χ0) is 18.5. The number of nitrogens with zero attached hydrogens (tertiary/aromatic N) is 2. The van der Waals surface area contributed by atoms with E-state index in [2.05, 4.69) is 6.58 Å². The summed E-state index contributed by atoms with van der Waals surface area (Å²) in [7, 11) is 0.